The third kappa shape index (κ3) is 11.9. The van der Waals surface area contributed by atoms with E-state index in [1.807, 2.05) is 0 Å². The van der Waals surface area contributed by atoms with Gasteiger partial charge in [-0.15, -0.1) is 0 Å². The number of benzene rings is 1. The standard InChI is InChI=1S/C20H32O5S.Na.H/c1-3-4-5-6-7-8-9-10-11-12-13-18-14-15-19(25-17(2)21)20(16-18)26(22,23)24;;/h14-16H,3-13H2,1-2H3,(H,22,23,24);;/q;+1;-1. The molecule has 1 N–H and O–H groups in total. The second-order valence-corrected chi connectivity index (χ2v) is 8.17. The van der Waals surface area contributed by atoms with E-state index >= 15 is 0 Å². The maximum atomic E-state index is 11.5. The molecular weight excluding hydrogens is 375 g/mol. The van der Waals surface area contributed by atoms with Crippen LogP contribution in [0.2, 0.25) is 0 Å². The molecule has 0 saturated heterocycles. The molecule has 0 atom stereocenters. The fourth-order valence-corrected chi connectivity index (χ4v) is 3.63. The first-order valence-corrected chi connectivity index (χ1v) is 11.1. The topological polar surface area (TPSA) is 80.7 Å². The molecule has 1 rings (SSSR count). The van der Waals surface area contributed by atoms with Gasteiger partial charge in [-0.2, -0.15) is 8.42 Å². The predicted octanol–water partition coefficient (Wildman–Crippen LogP) is 2.44. The summed E-state index contributed by atoms with van der Waals surface area (Å²) in [6, 6.07) is 4.55. The van der Waals surface area contributed by atoms with Crippen LogP contribution in [0, 0.1) is 0 Å². The second-order valence-electron chi connectivity index (χ2n) is 6.78. The van der Waals surface area contributed by atoms with Crippen molar-refractivity contribution in [2.45, 2.75) is 89.4 Å². The quantitative estimate of drug-likeness (QED) is 0.178. The van der Waals surface area contributed by atoms with Crippen LogP contribution in [0.3, 0.4) is 0 Å². The summed E-state index contributed by atoms with van der Waals surface area (Å²) in [5, 5.41) is 0. The zero-order valence-corrected chi connectivity index (χ0v) is 19.8. The Morgan fingerprint density at radius 1 is 1.00 bits per heavy atom. The van der Waals surface area contributed by atoms with Gasteiger partial charge in [-0.3, -0.25) is 9.35 Å². The Bertz CT molecular complexity index is 665. The number of esters is 1. The van der Waals surface area contributed by atoms with E-state index in [0.29, 0.717) is 0 Å². The first-order chi connectivity index (χ1) is 12.3. The number of rotatable bonds is 13. The van der Waals surface area contributed by atoms with Crippen LogP contribution < -0.4 is 34.3 Å². The number of hydrogen-bond acceptors (Lipinski definition) is 4. The Hall–Kier alpha value is -0.400. The zero-order valence-electron chi connectivity index (χ0n) is 18.0. The summed E-state index contributed by atoms with van der Waals surface area (Å²) in [5.41, 5.74) is 0.813. The van der Waals surface area contributed by atoms with Gasteiger partial charge in [-0.05, 0) is 30.5 Å². The molecule has 0 aromatic heterocycles. The van der Waals surface area contributed by atoms with Gasteiger partial charge in [0, 0.05) is 6.92 Å². The van der Waals surface area contributed by atoms with Gasteiger partial charge in [-0.25, -0.2) is 0 Å². The number of hydrogen-bond donors (Lipinski definition) is 1. The molecule has 0 spiro atoms. The van der Waals surface area contributed by atoms with Crippen LogP contribution >= 0.6 is 0 Å². The minimum Gasteiger partial charge on any atom is -1.00 e. The van der Waals surface area contributed by atoms with Gasteiger partial charge in [0.05, 0.1) is 0 Å². The number of carbonyl (C=O) groups is 1. The van der Waals surface area contributed by atoms with Crippen LogP contribution in [0.1, 0.15) is 85.0 Å². The van der Waals surface area contributed by atoms with Gasteiger partial charge in [0.25, 0.3) is 10.1 Å². The van der Waals surface area contributed by atoms with Crippen molar-refractivity contribution in [3.63, 3.8) is 0 Å². The Labute approximate surface area is 187 Å². The van der Waals surface area contributed by atoms with Crippen molar-refractivity contribution in [2.24, 2.45) is 0 Å². The molecule has 0 bridgehead atoms. The molecule has 7 heteroatoms. The first kappa shape index (κ1) is 26.6. The van der Waals surface area contributed by atoms with E-state index < -0.39 is 16.1 Å². The summed E-state index contributed by atoms with van der Waals surface area (Å²) in [4.78, 5) is 10.7. The van der Waals surface area contributed by atoms with Gasteiger partial charge < -0.3 is 6.16 Å². The zero-order chi connectivity index (χ0) is 19.4. The number of unbranched alkanes of at least 4 members (excludes halogenated alkanes) is 9. The molecule has 0 amide bonds. The predicted molar refractivity (Wildman–Crippen MR) is 104 cm³/mol. The average Bonchev–Trinajstić information content (AvgIpc) is 2.56. The molecule has 0 saturated carbocycles. The molecule has 0 aliphatic rings. The van der Waals surface area contributed by atoms with Gasteiger partial charge in [-0.1, -0.05) is 70.8 Å². The average molecular weight is 409 g/mol. The fraction of sp³-hybridized carbons (Fsp3) is 0.650. The van der Waals surface area contributed by atoms with Gasteiger partial charge in [0.15, 0.2) is 5.75 Å². The first-order valence-electron chi connectivity index (χ1n) is 9.63. The van der Waals surface area contributed by atoms with Crippen LogP contribution in [-0.2, 0) is 21.3 Å². The second kappa shape index (κ2) is 14.6. The number of ether oxygens (including phenoxy) is 1. The van der Waals surface area contributed by atoms with E-state index in [2.05, 4.69) is 6.92 Å². The summed E-state index contributed by atoms with van der Waals surface area (Å²) in [6.07, 6.45) is 13.1. The molecule has 1 aromatic rings. The van der Waals surface area contributed by atoms with Crippen molar-refractivity contribution in [3.8, 4) is 5.75 Å². The van der Waals surface area contributed by atoms with E-state index in [1.54, 1.807) is 6.07 Å². The summed E-state index contributed by atoms with van der Waals surface area (Å²) < 4.78 is 37.2. The van der Waals surface area contributed by atoms with Gasteiger partial charge >= 0.3 is 35.5 Å². The van der Waals surface area contributed by atoms with Gasteiger partial charge in [0.1, 0.15) is 4.90 Å². The monoisotopic (exact) mass is 408 g/mol. The van der Waals surface area contributed by atoms with Crippen LogP contribution in [0.5, 0.6) is 5.75 Å². The molecule has 1 aromatic carbocycles. The normalized spacial score (nSPS) is 11.1. The molecular formula is C20H33NaO5S. The summed E-state index contributed by atoms with van der Waals surface area (Å²) in [6.45, 7) is 3.41. The van der Waals surface area contributed by atoms with E-state index in [1.165, 1.54) is 70.4 Å². The maximum absolute atomic E-state index is 11.5. The third-order valence-corrected chi connectivity index (χ3v) is 5.23. The molecule has 0 aliphatic heterocycles. The Kier molecular flexibility index (Phi) is 14.4. The van der Waals surface area contributed by atoms with E-state index in [-0.39, 0.29) is 41.6 Å². The largest absolute Gasteiger partial charge is 1.00 e. The molecule has 0 fully saturated rings. The molecule has 0 aliphatic carbocycles. The van der Waals surface area contributed by atoms with Gasteiger partial charge in [0.2, 0.25) is 0 Å². The molecule has 0 heterocycles. The van der Waals surface area contributed by atoms with E-state index in [4.69, 9.17) is 4.74 Å². The Morgan fingerprint density at radius 2 is 1.52 bits per heavy atom. The van der Waals surface area contributed by atoms with E-state index in [9.17, 15) is 17.8 Å². The fourth-order valence-electron chi connectivity index (χ4n) is 2.97. The van der Waals surface area contributed by atoms with Crippen molar-refractivity contribution in [1.82, 2.24) is 0 Å². The van der Waals surface area contributed by atoms with Crippen molar-refractivity contribution in [1.29, 1.82) is 0 Å². The van der Waals surface area contributed by atoms with Crippen LogP contribution in [-0.4, -0.2) is 18.9 Å². The van der Waals surface area contributed by atoms with Crippen molar-refractivity contribution >= 4 is 16.1 Å². The Morgan fingerprint density at radius 3 is 2.00 bits per heavy atom. The van der Waals surface area contributed by atoms with Crippen LogP contribution in [0.15, 0.2) is 23.1 Å². The van der Waals surface area contributed by atoms with Crippen molar-refractivity contribution in [2.75, 3.05) is 0 Å². The van der Waals surface area contributed by atoms with Crippen molar-refractivity contribution < 1.29 is 53.5 Å². The minimum atomic E-state index is -4.43. The van der Waals surface area contributed by atoms with Crippen LogP contribution in [0.25, 0.3) is 0 Å². The molecule has 0 radical (unpaired) electrons. The van der Waals surface area contributed by atoms with E-state index in [0.717, 1.165) is 24.8 Å². The number of carbonyl (C=O) groups excluding carboxylic acids is 1. The number of aryl methyl sites for hydroxylation is 1. The Balaban J connectivity index is 0. The third-order valence-electron chi connectivity index (χ3n) is 4.36. The minimum absolute atomic E-state index is 0. The maximum Gasteiger partial charge on any atom is 1.00 e. The van der Waals surface area contributed by atoms with Crippen LogP contribution in [0.4, 0.5) is 0 Å². The molecule has 0 unspecified atom stereocenters. The molecule has 150 valence electrons. The summed E-state index contributed by atoms with van der Waals surface area (Å²) in [7, 11) is -4.43. The van der Waals surface area contributed by atoms with Crippen molar-refractivity contribution in [3.05, 3.63) is 23.8 Å². The summed E-state index contributed by atoms with van der Waals surface area (Å²) in [5.74, 6) is -0.760. The smallest absolute Gasteiger partial charge is 1.00 e. The summed E-state index contributed by atoms with van der Waals surface area (Å²) >= 11 is 0. The molecule has 27 heavy (non-hydrogen) atoms. The molecule has 5 nitrogen and oxygen atoms in total. The SMILES string of the molecule is CCCCCCCCCCCCc1ccc(OC(C)=O)c(S(=O)(=O)O)c1.[H-].[Na+].